The minimum atomic E-state index is -1.42. The van der Waals surface area contributed by atoms with Crippen molar-refractivity contribution in [2.45, 2.75) is 18.4 Å². The smallest absolute Gasteiger partial charge is 0.194 e. The Morgan fingerprint density at radius 1 is 1.15 bits per heavy atom. The molecule has 0 unspecified atom stereocenters. The molecule has 0 aliphatic heterocycles. The third-order valence-electron chi connectivity index (χ3n) is 2.27. The summed E-state index contributed by atoms with van der Waals surface area (Å²) in [6.45, 7) is 0. The third-order valence-corrected chi connectivity index (χ3v) is 2.27. The van der Waals surface area contributed by atoms with Crippen LogP contribution in [-0.2, 0) is 0 Å². The van der Waals surface area contributed by atoms with Crippen LogP contribution in [0.2, 0.25) is 0 Å². The second-order valence-corrected chi connectivity index (χ2v) is 3.30. The van der Waals surface area contributed by atoms with Crippen molar-refractivity contribution in [1.82, 2.24) is 0 Å². The molecule has 1 aliphatic rings. The fourth-order valence-corrected chi connectivity index (χ4v) is 1.39. The van der Waals surface area contributed by atoms with E-state index in [1.807, 2.05) is 0 Å². The van der Waals surface area contributed by atoms with Crippen molar-refractivity contribution in [2.75, 3.05) is 0 Å². The molecule has 1 fully saturated rings. The molecule has 0 radical (unpaired) electrons. The molecule has 70 valence electrons. The summed E-state index contributed by atoms with van der Waals surface area (Å²) in [6, 6.07) is 1.98. The summed E-state index contributed by atoms with van der Waals surface area (Å²) in [7, 11) is 0. The molecule has 2 rings (SSSR count). The van der Waals surface area contributed by atoms with E-state index in [1.165, 1.54) is 0 Å². The van der Waals surface area contributed by atoms with Crippen molar-refractivity contribution in [3.63, 3.8) is 0 Å². The maximum absolute atomic E-state index is 12.7. The van der Waals surface area contributed by atoms with Gasteiger partial charge in [-0.05, 0) is 24.1 Å². The summed E-state index contributed by atoms with van der Waals surface area (Å²) in [5.74, 6) is -3.72. The summed E-state index contributed by atoms with van der Waals surface area (Å²) in [5, 5.41) is 0. The topological polar surface area (TPSA) is 26.0 Å². The lowest BCUT2D eigenvalue weighted by molar-refractivity contribution is 0.445. The molecule has 0 amide bonds. The van der Waals surface area contributed by atoms with Crippen LogP contribution in [0.3, 0.4) is 0 Å². The van der Waals surface area contributed by atoms with Crippen LogP contribution in [0.1, 0.15) is 17.9 Å². The Kier molecular flexibility index (Phi) is 1.80. The molecule has 1 saturated carbocycles. The van der Waals surface area contributed by atoms with E-state index in [0.717, 1.165) is 12.1 Å². The van der Waals surface area contributed by atoms with Gasteiger partial charge >= 0.3 is 0 Å². The van der Waals surface area contributed by atoms with E-state index >= 15 is 0 Å². The highest BCUT2D eigenvalue weighted by molar-refractivity contribution is 5.29. The van der Waals surface area contributed by atoms with Crippen LogP contribution < -0.4 is 5.73 Å². The first kappa shape index (κ1) is 8.56. The summed E-state index contributed by atoms with van der Waals surface area (Å²) in [4.78, 5) is 0. The fraction of sp³-hybridized carbons (Fsp3) is 0.333. The average Bonchev–Trinajstić information content (AvgIpc) is 2.77. The third kappa shape index (κ3) is 1.42. The standard InChI is InChI=1S/C9H8F3N/c10-6-1-4(5-3-8(5)13)2-7(11)9(6)12/h1-2,5,8H,3,13H2/t5-,8+/m0/s1. The van der Waals surface area contributed by atoms with Gasteiger partial charge in [-0.3, -0.25) is 0 Å². The monoisotopic (exact) mass is 187 g/mol. The van der Waals surface area contributed by atoms with E-state index in [2.05, 4.69) is 0 Å². The van der Waals surface area contributed by atoms with Crippen LogP contribution >= 0.6 is 0 Å². The van der Waals surface area contributed by atoms with Gasteiger partial charge < -0.3 is 5.73 Å². The molecular weight excluding hydrogens is 179 g/mol. The molecule has 1 aliphatic carbocycles. The zero-order valence-corrected chi connectivity index (χ0v) is 6.73. The van der Waals surface area contributed by atoms with Crippen LogP contribution in [0.5, 0.6) is 0 Å². The summed E-state index contributed by atoms with van der Waals surface area (Å²) >= 11 is 0. The maximum Gasteiger partial charge on any atom is 0.194 e. The first-order valence-corrected chi connectivity index (χ1v) is 3.99. The Labute approximate surface area is 73.4 Å². The fourth-order valence-electron chi connectivity index (χ4n) is 1.39. The van der Waals surface area contributed by atoms with Crippen LogP contribution in [0.4, 0.5) is 13.2 Å². The lowest BCUT2D eigenvalue weighted by Gasteiger charge is -2.00. The lowest BCUT2D eigenvalue weighted by atomic mass is 10.1. The highest BCUT2D eigenvalue weighted by Gasteiger charge is 2.35. The molecule has 2 N–H and O–H groups in total. The van der Waals surface area contributed by atoms with Crippen molar-refractivity contribution >= 4 is 0 Å². The van der Waals surface area contributed by atoms with Gasteiger partial charge in [-0.1, -0.05) is 0 Å². The molecule has 0 bridgehead atoms. The molecule has 1 aromatic rings. The van der Waals surface area contributed by atoms with Crippen LogP contribution in [0.25, 0.3) is 0 Å². The number of halogens is 3. The van der Waals surface area contributed by atoms with Crippen LogP contribution in [0, 0.1) is 17.5 Å². The van der Waals surface area contributed by atoms with Gasteiger partial charge in [0.1, 0.15) is 0 Å². The van der Waals surface area contributed by atoms with Crippen molar-refractivity contribution in [2.24, 2.45) is 5.73 Å². The highest BCUT2D eigenvalue weighted by atomic mass is 19.2. The predicted molar refractivity (Wildman–Crippen MR) is 41.6 cm³/mol. The van der Waals surface area contributed by atoms with Crippen molar-refractivity contribution < 1.29 is 13.2 Å². The van der Waals surface area contributed by atoms with Gasteiger partial charge in [0.25, 0.3) is 0 Å². The van der Waals surface area contributed by atoms with E-state index < -0.39 is 17.5 Å². The van der Waals surface area contributed by atoms with E-state index in [1.54, 1.807) is 0 Å². The SMILES string of the molecule is N[C@@H]1C[C@H]1c1cc(F)c(F)c(F)c1. The normalized spacial score (nSPS) is 26.2. The summed E-state index contributed by atoms with van der Waals surface area (Å²) < 4.78 is 37.9. The largest absolute Gasteiger partial charge is 0.327 e. The number of nitrogens with two attached hydrogens (primary N) is 1. The van der Waals surface area contributed by atoms with E-state index in [4.69, 9.17) is 5.73 Å². The number of rotatable bonds is 1. The lowest BCUT2D eigenvalue weighted by Crippen LogP contribution is -2.02. The van der Waals surface area contributed by atoms with Crippen LogP contribution in [-0.4, -0.2) is 6.04 Å². The summed E-state index contributed by atoms with van der Waals surface area (Å²) in [5.41, 5.74) is 5.95. The second-order valence-electron chi connectivity index (χ2n) is 3.30. The van der Waals surface area contributed by atoms with E-state index in [9.17, 15) is 13.2 Å². The van der Waals surface area contributed by atoms with Gasteiger partial charge in [-0.15, -0.1) is 0 Å². The minimum Gasteiger partial charge on any atom is -0.327 e. The Balaban J connectivity index is 2.39. The minimum absolute atomic E-state index is 0.00963. The second kappa shape index (κ2) is 2.73. The van der Waals surface area contributed by atoms with Gasteiger partial charge in [0, 0.05) is 12.0 Å². The maximum atomic E-state index is 12.7. The molecular formula is C9H8F3N. The van der Waals surface area contributed by atoms with E-state index in [0.29, 0.717) is 12.0 Å². The molecule has 0 heterocycles. The number of benzene rings is 1. The first-order valence-electron chi connectivity index (χ1n) is 3.99. The van der Waals surface area contributed by atoms with Gasteiger partial charge in [-0.2, -0.15) is 0 Å². The quantitative estimate of drug-likeness (QED) is 0.668. The average molecular weight is 187 g/mol. The highest BCUT2D eigenvalue weighted by Crippen LogP contribution is 2.39. The molecule has 0 spiro atoms. The first-order chi connectivity index (χ1) is 6.09. The molecule has 2 atom stereocenters. The van der Waals surface area contributed by atoms with Gasteiger partial charge in [-0.25, -0.2) is 13.2 Å². The molecule has 1 aromatic carbocycles. The Hall–Kier alpha value is -1.03. The van der Waals surface area contributed by atoms with Crippen molar-refractivity contribution in [3.8, 4) is 0 Å². The predicted octanol–water partition coefficient (Wildman–Crippen LogP) is 1.92. The van der Waals surface area contributed by atoms with Crippen molar-refractivity contribution in [3.05, 3.63) is 35.1 Å². The molecule has 13 heavy (non-hydrogen) atoms. The molecule has 4 heteroatoms. The Morgan fingerprint density at radius 2 is 1.62 bits per heavy atom. The van der Waals surface area contributed by atoms with Crippen LogP contribution in [0.15, 0.2) is 12.1 Å². The number of hydrogen-bond acceptors (Lipinski definition) is 1. The Bertz CT molecular complexity index is 328. The molecule has 0 aromatic heterocycles. The molecule has 1 nitrogen and oxygen atoms in total. The van der Waals surface area contributed by atoms with Gasteiger partial charge in [0.2, 0.25) is 0 Å². The van der Waals surface area contributed by atoms with Gasteiger partial charge in [0.05, 0.1) is 0 Å². The van der Waals surface area contributed by atoms with E-state index in [-0.39, 0.29) is 12.0 Å². The zero-order valence-electron chi connectivity index (χ0n) is 6.73. The number of hydrogen-bond donors (Lipinski definition) is 1. The Morgan fingerprint density at radius 3 is 2.00 bits per heavy atom. The van der Waals surface area contributed by atoms with Crippen molar-refractivity contribution in [1.29, 1.82) is 0 Å². The summed E-state index contributed by atoms with van der Waals surface area (Å²) in [6.07, 6.45) is 0.713. The molecule has 0 saturated heterocycles. The van der Waals surface area contributed by atoms with Gasteiger partial charge in [0.15, 0.2) is 17.5 Å². The zero-order chi connectivity index (χ0) is 9.59.